The minimum Gasteiger partial charge on any atom is -0.365 e. The van der Waals surface area contributed by atoms with Crippen LogP contribution in [0, 0.1) is 0 Å². The van der Waals surface area contributed by atoms with Gasteiger partial charge < -0.3 is 15.5 Å². The number of aromatic nitrogens is 1. The van der Waals surface area contributed by atoms with Crippen LogP contribution in [0.5, 0.6) is 0 Å². The molecule has 1 amide bonds. The van der Waals surface area contributed by atoms with Crippen molar-refractivity contribution in [1.82, 2.24) is 15.2 Å². The van der Waals surface area contributed by atoms with E-state index in [1.54, 1.807) is 25.2 Å². The van der Waals surface area contributed by atoms with Gasteiger partial charge in [-0.3, -0.25) is 4.79 Å². The minimum atomic E-state index is -0.0212. The molecule has 5 nitrogen and oxygen atoms in total. The van der Waals surface area contributed by atoms with Crippen LogP contribution in [0.2, 0.25) is 0 Å². The average molecular weight is 262 g/mol. The fourth-order valence-corrected chi connectivity index (χ4v) is 2.27. The van der Waals surface area contributed by atoms with Gasteiger partial charge in [0.2, 0.25) is 0 Å². The first kappa shape index (κ1) is 13.8. The Hall–Kier alpha value is -1.62. The van der Waals surface area contributed by atoms with Crippen molar-refractivity contribution in [2.24, 2.45) is 0 Å². The summed E-state index contributed by atoms with van der Waals surface area (Å²) in [4.78, 5) is 17.7. The van der Waals surface area contributed by atoms with Gasteiger partial charge in [-0.1, -0.05) is 0 Å². The Bertz CT molecular complexity index is 435. The van der Waals surface area contributed by atoms with E-state index in [-0.39, 0.29) is 11.4 Å². The molecule has 104 valence electrons. The topological polar surface area (TPSA) is 57.3 Å². The summed E-state index contributed by atoms with van der Waals surface area (Å²) in [5.74, 6) is 0.812. The Kier molecular flexibility index (Phi) is 4.04. The molecular formula is C14H22N4O. The molecule has 1 aromatic rings. The molecule has 0 bridgehead atoms. The van der Waals surface area contributed by atoms with E-state index in [0.717, 1.165) is 31.7 Å². The Morgan fingerprint density at radius 1 is 1.37 bits per heavy atom. The molecule has 0 aromatic carbocycles. The third kappa shape index (κ3) is 3.44. The zero-order chi connectivity index (χ0) is 13.9. The lowest BCUT2D eigenvalue weighted by Crippen LogP contribution is -2.45. The highest BCUT2D eigenvalue weighted by Crippen LogP contribution is 2.22. The Morgan fingerprint density at radius 2 is 2.05 bits per heavy atom. The second-order valence-corrected chi connectivity index (χ2v) is 5.57. The number of anilines is 1. The minimum absolute atomic E-state index is 0.0212. The van der Waals surface area contributed by atoms with Crippen LogP contribution in [0.3, 0.4) is 0 Å². The van der Waals surface area contributed by atoms with E-state index in [9.17, 15) is 4.79 Å². The zero-order valence-corrected chi connectivity index (χ0v) is 11.9. The van der Waals surface area contributed by atoms with Crippen molar-refractivity contribution in [1.29, 1.82) is 0 Å². The smallest absolute Gasteiger partial charge is 0.254 e. The lowest BCUT2D eigenvalue weighted by molar-refractivity contribution is 0.0827. The second-order valence-electron chi connectivity index (χ2n) is 5.57. The van der Waals surface area contributed by atoms with E-state index < -0.39 is 0 Å². The molecule has 1 fully saturated rings. The van der Waals surface area contributed by atoms with Gasteiger partial charge in [-0.2, -0.15) is 0 Å². The van der Waals surface area contributed by atoms with Crippen LogP contribution in [0.15, 0.2) is 18.3 Å². The largest absolute Gasteiger partial charge is 0.365 e. The number of carbonyl (C=O) groups is 1. The second kappa shape index (κ2) is 5.57. The molecule has 2 rings (SSSR count). The van der Waals surface area contributed by atoms with Gasteiger partial charge in [0, 0.05) is 25.8 Å². The molecule has 2 heterocycles. The summed E-state index contributed by atoms with van der Waals surface area (Å²) in [7, 11) is 3.48. The summed E-state index contributed by atoms with van der Waals surface area (Å²) in [6.07, 6.45) is 3.79. The average Bonchev–Trinajstić information content (AvgIpc) is 2.39. The molecule has 1 aromatic heterocycles. The first-order chi connectivity index (χ1) is 9.00. The van der Waals surface area contributed by atoms with Crippen LogP contribution >= 0.6 is 0 Å². The van der Waals surface area contributed by atoms with Crippen LogP contribution in [0.1, 0.15) is 30.1 Å². The normalized spacial score (nSPS) is 17.8. The fraction of sp³-hybridized carbons (Fsp3) is 0.571. The number of amides is 1. The third-order valence-corrected chi connectivity index (χ3v) is 3.55. The van der Waals surface area contributed by atoms with E-state index in [4.69, 9.17) is 0 Å². The van der Waals surface area contributed by atoms with E-state index in [0.29, 0.717) is 5.56 Å². The number of hydrogen-bond acceptors (Lipinski definition) is 4. The van der Waals surface area contributed by atoms with E-state index in [1.807, 2.05) is 12.1 Å². The number of pyridine rings is 1. The molecule has 1 saturated heterocycles. The SMILES string of the molecule is CN(C)C(=O)c1ccc(NC2(C)CCNCC2)nc1. The molecule has 2 N–H and O–H groups in total. The number of carbonyl (C=O) groups excluding carboxylic acids is 1. The molecule has 1 aliphatic heterocycles. The molecule has 0 atom stereocenters. The molecule has 0 aliphatic carbocycles. The molecule has 0 radical (unpaired) electrons. The maximum atomic E-state index is 11.8. The number of nitrogens with one attached hydrogen (secondary N) is 2. The maximum absolute atomic E-state index is 11.8. The summed E-state index contributed by atoms with van der Waals surface area (Å²) in [6, 6.07) is 3.70. The Balaban J connectivity index is 2.04. The molecular weight excluding hydrogens is 240 g/mol. The van der Waals surface area contributed by atoms with Gasteiger partial charge in [-0.25, -0.2) is 4.98 Å². The van der Waals surface area contributed by atoms with Gasteiger partial charge in [0.05, 0.1) is 5.56 Å². The van der Waals surface area contributed by atoms with Crippen LogP contribution in [-0.2, 0) is 0 Å². The number of hydrogen-bond donors (Lipinski definition) is 2. The lowest BCUT2D eigenvalue weighted by atomic mass is 9.90. The van der Waals surface area contributed by atoms with Crippen molar-refractivity contribution >= 4 is 11.7 Å². The predicted molar refractivity (Wildman–Crippen MR) is 76.4 cm³/mol. The highest BCUT2D eigenvalue weighted by molar-refractivity contribution is 5.93. The van der Waals surface area contributed by atoms with Gasteiger partial charge in [0.1, 0.15) is 5.82 Å². The number of rotatable bonds is 3. The highest BCUT2D eigenvalue weighted by atomic mass is 16.2. The molecule has 1 aliphatic rings. The Morgan fingerprint density at radius 3 is 2.58 bits per heavy atom. The van der Waals surface area contributed by atoms with Crippen molar-refractivity contribution < 1.29 is 4.79 Å². The third-order valence-electron chi connectivity index (χ3n) is 3.55. The molecule has 5 heteroatoms. The monoisotopic (exact) mass is 262 g/mol. The van der Waals surface area contributed by atoms with Gasteiger partial charge in [-0.15, -0.1) is 0 Å². The van der Waals surface area contributed by atoms with Gasteiger partial charge in [0.25, 0.3) is 5.91 Å². The summed E-state index contributed by atoms with van der Waals surface area (Å²) in [6.45, 7) is 4.27. The summed E-state index contributed by atoms with van der Waals surface area (Å²) < 4.78 is 0. The lowest BCUT2D eigenvalue weighted by Gasteiger charge is -2.35. The van der Waals surface area contributed by atoms with Gasteiger partial charge >= 0.3 is 0 Å². The quantitative estimate of drug-likeness (QED) is 0.863. The maximum Gasteiger partial charge on any atom is 0.254 e. The van der Waals surface area contributed by atoms with Crippen molar-refractivity contribution in [3.63, 3.8) is 0 Å². The van der Waals surface area contributed by atoms with Crippen molar-refractivity contribution in [2.45, 2.75) is 25.3 Å². The molecule has 0 saturated carbocycles. The zero-order valence-electron chi connectivity index (χ0n) is 11.9. The van der Waals surface area contributed by atoms with Gasteiger partial charge in [-0.05, 0) is 45.0 Å². The standard InChI is InChI=1S/C14H22N4O/c1-14(6-8-15-9-7-14)17-12-5-4-11(10-16-12)13(19)18(2)3/h4-5,10,15H,6-9H2,1-3H3,(H,16,17). The number of nitrogens with zero attached hydrogens (tertiary/aromatic N) is 2. The fourth-order valence-electron chi connectivity index (χ4n) is 2.27. The summed E-state index contributed by atoms with van der Waals surface area (Å²) >= 11 is 0. The van der Waals surface area contributed by atoms with Crippen LogP contribution in [0.25, 0.3) is 0 Å². The van der Waals surface area contributed by atoms with Gasteiger partial charge in [0.15, 0.2) is 0 Å². The van der Waals surface area contributed by atoms with E-state index >= 15 is 0 Å². The molecule has 19 heavy (non-hydrogen) atoms. The first-order valence-corrected chi connectivity index (χ1v) is 6.67. The van der Waals surface area contributed by atoms with E-state index in [2.05, 4.69) is 22.5 Å². The highest BCUT2D eigenvalue weighted by Gasteiger charge is 2.26. The van der Waals surface area contributed by atoms with E-state index in [1.165, 1.54) is 0 Å². The molecule has 0 unspecified atom stereocenters. The van der Waals surface area contributed by atoms with Crippen LogP contribution < -0.4 is 10.6 Å². The predicted octanol–water partition coefficient (Wildman–Crippen LogP) is 1.34. The summed E-state index contributed by atoms with van der Waals surface area (Å²) in [5.41, 5.74) is 0.705. The summed E-state index contributed by atoms with van der Waals surface area (Å²) in [5, 5.41) is 6.83. The van der Waals surface area contributed by atoms with Crippen LogP contribution in [-0.4, -0.2) is 48.5 Å². The van der Waals surface area contributed by atoms with Crippen molar-refractivity contribution in [2.75, 3.05) is 32.5 Å². The van der Waals surface area contributed by atoms with Crippen molar-refractivity contribution in [3.05, 3.63) is 23.9 Å². The Labute approximate surface area is 114 Å². The number of piperidine rings is 1. The van der Waals surface area contributed by atoms with Crippen molar-refractivity contribution in [3.8, 4) is 0 Å². The van der Waals surface area contributed by atoms with Crippen LogP contribution in [0.4, 0.5) is 5.82 Å². The molecule has 0 spiro atoms. The first-order valence-electron chi connectivity index (χ1n) is 6.67.